The van der Waals surface area contributed by atoms with Crippen molar-refractivity contribution in [1.82, 2.24) is 0 Å². The summed E-state index contributed by atoms with van der Waals surface area (Å²) in [6, 6.07) is 8.72. The summed E-state index contributed by atoms with van der Waals surface area (Å²) < 4.78 is 0.606. The molecule has 1 aliphatic rings. The second-order valence-electron chi connectivity index (χ2n) is 5.57. The Balaban J connectivity index is 2.33. The van der Waals surface area contributed by atoms with Gasteiger partial charge in [0.1, 0.15) is 0 Å². The number of carbonyl (C=O) groups excluding carboxylic acids is 2. The molecule has 2 aromatic carbocycles. The Morgan fingerprint density at radius 1 is 1.05 bits per heavy atom. The third kappa shape index (κ3) is 2.13. The van der Waals surface area contributed by atoms with Gasteiger partial charge in [0.05, 0.1) is 16.8 Å². The molecule has 0 spiro atoms. The fraction of sp³-hybridized carbons (Fsp3) is 0.176. The van der Waals surface area contributed by atoms with Crippen molar-refractivity contribution in [3.63, 3.8) is 0 Å². The number of ketones is 2. The molecule has 0 atom stereocenters. The maximum atomic E-state index is 12.9. The first-order valence-electron chi connectivity index (χ1n) is 6.98. The van der Waals surface area contributed by atoms with Crippen molar-refractivity contribution in [2.45, 2.75) is 19.9 Å². The fourth-order valence-electron chi connectivity index (χ4n) is 2.71. The van der Waals surface area contributed by atoms with Crippen LogP contribution in [0.5, 0.6) is 0 Å². The van der Waals surface area contributed by atoms with Crippen molar-refractivity contribution in [2.75, 3.05) is 11.1 Å². The van der Waals surface area contributed by atoms with E-state index in [1.165, 1.54) is 0 Å². The lowest BCUT2D eigenvalue weighted by molar-refractivity contribution is 0.0980. The zero-order chi connectivity index (χ0) is 16.0. The van der Waals surface area contributed by atoms with Gasteiger partial charge in [-0.05, 0) is 35.8 Å². The summed E-state index contributed by atoms with van der Waals surface area (Å²) >= 11 is 3.37. The van der Waals surface area contributed by atoms with Crippen LogP contribution < -0.4 is 11.1 Å². The average Bonchev–Trinajstić information content (AvgIpc) is 2.47. The molecule has 2 aromatic rings. The van der Waals surface area contributed by atoms with E-state index in [2.05, 4.69) is 21.2 Å². The smallest absolute Gasteiger partial charge is 0.196 e. The molecule has 0 radical (unpaired) electrons. The van der Waals surface area contributed by atoms with E-state index >= 15 is 0 Å². The van der Waals surface area contributed by atoms with Crippen LogP contribution >= 0.6 is 15.9 Å². The number of carbonyl (C=O) groups is 2. The second kappa shape index (κ2) is 5.25. The van der Waals surface area contributed by atoms with Crippen LogP contribution in [0.2, 0.25) is 0 Å². The van der Waals surface area contributed by atoms with Crippen molar-refractivity contribution in [3.8, 4) is 0 Å². The predicted molar refractivity (Wildman–Crippen MR) is 90.6 cm³/mol. The van der Waals surface area contributed by atoms with Gasteiger partial charge in [0, 0.05) is 27.3 Å². The first kappa shape index (κ1) is 14.8. The Hall–Kier alpha value is -2.14. The van der Waals surface area contributed by atoms with E-state index in [-0.39, 0.29) is 23.2 Å². The minimum atomic E-state index is -0.212. The molecule has 3 rings (SSSR count). The molecule has 0 saturated heterocycles. The number of halogens is 1. The lowest BCUT2D eigenvalue weighted by Gasteiger charge is -2.24. The number of anilines is 2. The molecule has 22 heavy (non-hydrogen) atoms. The molecule has 0 amide bonds. The summed E-state index contributed by atoms with van der Waals surface area (Å²) in [5, 5.41) is 3.22. The molecule has 1 aliphatic carbocycles. The summed E-state index contributed by atoms with van der Waals surface area (Å²) in [7, 11) is 0. The molecule has 4 nitrogen and oxygen atoms in total. The predicted octanol–water partition coefficient (Wildman–Crippen LogP) is 3.63. The highest BCUT2D eigenvalue weighted by atomic mass is 79.9. The van der Waals surface area contributed by atoms with Crippen LogP contribution in [0, 0.1) is 0 Å². The number of nitrogens with two attached hydrogens (primary N) is 1. The minimum Gasteiger partial charge on any atom is -0.397 e. The van der Waals surface area contributed by atoms with E-state index in [1.807, 2.05) is 13.8 Å². The Morgan fingerprint density at radius 2 is 1.59 bits per heavy atom. The summed E-state index contributed by atoms with van der Waals surface area (Å²) in [6.07, 6.45) is 0. The van der Waals surface area contributed by atoms with E-state index < -0.39 is 0 Å². The molecule has 0 aromatic heterocycles. The average molecular weight is 359 g/mol. The number of hydrogen-bond acceptors (Lipinski definition) is 4. The maximum absolute atomic E-state index is 12.9. The first-order chi connectivity index (χ1) is 10.4. The van der Waals surface area contributed by atoms with Crippen molar-refractivity contribution < 1.29 is 9.59 Å². The van der Waals surface area contributed by atoms with E-state index in [0.29, 0.717) is 32.5 Å². The lowest BCUT2D eigenvalue weighted by atomic mass is 9.82. The highest BCUT2D eigenvalue weighted by Gasteiger charge is 2.34. The fourth-order valence-corrected chi connectivity index (χ4v) is 3.14. The van der Waals surface area contributed by atoms with Gasteiger partial charge in [0.25, 0.3) is 0 Å². The number of hydrogen-bond donors (Lipinski definition) is 2. The van der Waals surface area contributed by atoms with Gasteiger partial charge >= 0.3 is 0 Å². The van der Waals surface area contributed by atoms with Crippen molar-refractivity contribution in [3.05, 3.63) is 57.1 Å². The monoisotopic (exact) mass is 358 g/mol. The standard InChI is InChI=1S/C17H15BrN2O2/c1-8(2)20-12-7-11(18)15(19)14-13(12)16(21)9-5-3-4-6-10(9)17(14)22/h3-8,20H,19H2,1-2H3. The molecule has 112 valence electrons. The number of benzene rings is 2. The zero-order valence-electron chi connectivity index (χ0n) is 12.2. The van der Waals surface area contributed by atoms with Gasteiger partial charge in [-0.25, -0.2) is 0 Å². The quantitative estimate of drug-likeness (QED) is 0.686. The summed E-state index contributed by atoms with van der Waals surface area (Å²) in [5.41, 5.74) is 8.46. The number of fused-ring (bicyclic) bond motifs is 2. The molecule has 3 N–H and O–H groups in total. The highest BCUT2D eigenvalue weighted by Crippen LogP contribution is 2.39. The Labute approximate surface area is 136 Å². The largest absolute Gasteiger partial charge is 0.397 e. The van der Waals surface area contributed by atoms with Crippen LogP contribution in [0.4, 0.5) is 11.4 Å². The normalized spacial score (nSPS) is 13.1. The van der Waals surface area contributed by atoms with E-state index in [1.54, 1.807) is 30.3 Å². The van der Waals surface area contributed by atoms with E-state index in [4.69, 9.17) is 5.73 Å². The molecule has 0 aliphatic heterocycles. The van der Waals surface area contributed by atoms with Crippen LogP contribution in [-0.4, -0.2) is 17.6 Å². The number of nitrogens with one attached hydrogen (secondary N) is 1. The van der Waals surface area contributed by atoms with Gasteiger partial charge in [-0.1, -0.05) is 24.3 Å². The van der Waals surface area contributed by atoms with Crippen LogP contribution in [0.25, 0.3) is 0 Å². The topological polar surface area (TPSA) is 72.2 Å². The molecule has 0 heterocycles. The molecule has 0 saturated carbocycles. The van der Waals surface area contributed by atoms with Gasteiger partial charge < -0.3 is 11.1 Å². The zero-order valence-corrected chi connectivity index (χ0v) is 13.8. The molecule has 0 unspecified atom stereocenters. The first-order valence-corrected chi connectivity index (χ1v) is 7.78. The van der Waals surface area contributed by atoms with Crippen LogP contribution in [-0.2, 0) is 0 Å². The van der Waals surface area contributed by atoms with Crippen molar-refractivity contribution in [2.24, 2.45) is 0 Å². The van der Waals surface area contributed by atoms with Crippen molar-refractivity contribution >= 4 is 38.9 Å². The van der Waals surface area contributed by atoms with E-state index in [0.717, 1.165) is 0 Å². The van der Waals surface area contributed by atoms with Crippen LogP contribution in [0.3, 0.4) is 0 Å². The van der Waals surface area contributed by atoms with Crippen LogP contribution in [0.1, 0.15) is 45.7 Å². The summed E-state index contributed by atoms with van der Waals surface area (Å²) in [5.74, 6) is -0.386. The molecule has 0 bridgehead atoms. The summed E-state index contributed by atoms with van der Waals surface area (Å²) in [6.45, 7) is 3.94. The van der Waals surface area contributed by atoms with Gasteiger partial charge in [-0.3, -0.25) is 9.59 Å². The summed E-state index contributed by atoms with van der Waals surface area (Å²) in [4.78, 5) is 25.6. The van der Waals surface area contributed by atoms with Gasteiger partial charge in [0.2, 0.25) is 0 Å². The molecule has 5 heteroatoms. The Bertz CT molecular complexity index is 813. The molecular weight excluding hydrogens is 344 g/mol. The third-order valence-electron chi connectivity index (χ3n) is 3.63. The molecular formula is C17H15BrN2O2. The van der Waals surface area contributed by atoms with Crippen LogP contribution in [0.15, 0.2) is 34.8 Å². The van der Waals surface area contributed by atoms with Gasteiger partial charge in [0.15, 0.2) is 11.6 Å². The SMILES string of the molecule is CC(C)Nc1cc(Br)c(N)c2c1C(=O)c1ccccc1C2=O. The van der Waals surface area contributed by atoms with Gasteiger partial charge in [-0.2, -0.15) is 0 Å². The Kier molecular flexibility index (Phi) is 3.53. The molecule has 0 fully saturated rings. The van der Waals surface area contributed by atoms with Crippen molar-refractivity contribution in [1.29, 1.82) is 0 Å². The second-order valence-corrected chi connectivity index (χ2v) is 6.43. The lowest BCUT2D eigenvalue weighted by Crippen LogP contribution is -2.25. The Morgan fingerprint density at radius 3 is 2.14 bits per heavy atom. The number of nitrogen functional groups attached to an aromatic ring is 1. The maximum Gasteiger partial charge on any atom is 0.196 e. The van der Waals surface area contributed by atoms with E-state index in [9.17, 15) is 9.59 Å². The number of rotatable bonds is 2. The highest BCUT2D eigenvalue weighted by molar-refractivity contribution is 9.10. The van der Waals surface area contributed by atoms with Gasteiger partial charge in [-0.15, -0.1) is 0 Å². The third-order valence-corrected chi connectivity index (χ3v) is 4.29. The minimum absolute atomic E-state index is 0.125.